The lowest BCUT2D eigenvalue weighted by Gasteiger charge is -2.16. The Hall–Kier alpha value is -0.100. The monoisotopic (exact) mass is 266 g/mol. The summed E-state index contributed by atoms with van der Waals surface area (Å²) in [5, 5.41) is 0. The molecule has 0 unspecified atom stereocenters. The largest absolute Gasteiger partial charge is 0.289 e. The number of unbranched alkanes of at least 4 members (excludes halogenated alkanes) is 1. The summed E-state index contributed by atoms with van der Waals surface area (Å²) in [6, 6.07) is 0. The number of nitrogens with zero attached hydrogens (tertiary/aromatic N) is 2. The van der Waals surface area contributed by atoms with Crippen LogP contribution in [0.1, 0.15) is 12.8 Å². The molecule has 0 radical (unpaired) electrons. The maximum absolute atomic E-state index is 10.7. The number of halogens is 1. The maximum Gasteiger partial charge on any atom is 0.232 e. The van der Waals surface area contributed by atoms with Gasteiger partial charge in [-0.25, -0.2) is 8.42 Å². The highest BCUT2D eigenvalue weighted by atomic mass is 35.7. The molecule has 4 nitrogen and oxygen atoms in total. The van der Waals surface area contributed by atoms with Gasteiger partial charge in [0.15, 0.2) is 0 Å². The van der Waals surface area contributed by atoms with E-state index in [2.05, 4.69) is 16.4 Å². The van der Waals surface area contributed by atoms with Crippen LogP contribution in [0.2, 0.25) is 0 Å². The van der Waals surface area contributed by atoms with Crippen LogP contribution in [0.15, 0.2) is 12.7 Å². The molecule has 0 aromatic carbocycles. The van der Waals surface area contributed by atoms with Gasteiger partial charge in [-0.05, 0) is 19.4 Å². The Labute approximate surface area is 102 Å². The quantitative estimate of drug-likeness (QED) is 0.393. The second kappa shape index (κ2) is 6.59. The van der Waals surface area contributed by atoms with Gasteiger partial charge in [-0.1, -0.05) is 6.08 Å². The van der Waals surface area contributed by atoms with Crippen LogP contribution in [0.25, 0.3) is 0 Å². The van der Waals surface area contributed by atoms with Crippen LogP contribution in [0.3, 0.4) is 0 Å². The first kappa shape index (κ1) is 14.0. The summed E-state index contributed by atoms with van der Waals surface area (Å²) in [4.78, 5) is 4.63. The molecule has 0 bridgehead atoms. The fourth-order valence-electron chi connectivity index (χ4n) is 1.83. The minimum atomic E-state index is -3.31. The van der Waals surface area contributed by atoms with E-state index in [1.54, 1.807) is 0 Å². The van der Waals surface area contributed by atoms with Crippen molar-refractivity contribution in [3.05, 3.63) is 12.7 Å². The standard InChI is InChI=1S/C10H19ClN2O2S/c1-2-5-12-7-8-13(10-12)6-3-4-9-16(11,14)15/h2H,1,3-10H2. The summed E-state index contributed by atoms with van der Waals surface area (Å²) in [6.45, 7) is 8.66. The van der Waals surface area contributed by atoms with E-state index in [-0.39, 0.29) is 5.75 Å². The van der Waals surface area contributed by atoms with Crippen LogP contribution in [0.4, 0.5) is 0 Å². The van der Waals surface area contributed by atoms with Crippen molar-refractivity contribution < 1.29 is 8.42 Å². The molecule has 0 spiro atoms. The first-order valence-corrected chi connectivity index (χ1v) is 7.97. The predicted molar refractivity (Wildman–Crippen MR) is 67.1 cm³/mol. The van der Waals surface area contributed by atoms with Gasteiger partial charge in [0.25, 0.3) is 0 Å². The Kier molecular flexibility index (Phi) is 5.75. The van der Waals surface area contributed by atoms with Crippen molar-refractivity contribution >= 4 is 19.7 Å². The van der Waals surface area contributed by atoms with E-state index in [0.717, 1.165) is 39.3 Å². The van der Waals surface area contributed by atoms with Crippen molar-refractivity contribution in [2.75, 3.05) is 38.6 Å². The molecule has 6 heteroatoms. The van der Waals surface area contributed by atoms with Crippen molar-refractivity contribution in [2.45, 2.75) is 12.8 Å². The maximum atomic E-state index is 10.7. The molecule has 1 aliphatic heterocycles. The van der Waals surface area contributed by atoms with E-state index in [9.17, 15) is 8.42 Å². The minimum Gasteiger partial charge on any atom is -0.289 e. The third-order valence-electron chi connectivity index (χ3n) is 2.63. The van der Waals surface area contributed by atoms with Gasteiger partial charge in [-0.15, -0.1) is 6.58 Å². The SMILES string of the molecule is C=CCN1CCN(CCCCS(=O)(=O)Cl)C1. The van der Waals surface area contributed by atoms with Crippen LogP contribution >= 0.6 is 10.7 Å². The average Bonchev–Trinajstić information content (AvgIpc) is 2.60. The van der Waals surface area contributed by atoms with Gasteiger partial charge in [0.2, 0.25) is 9.05 Å². The molecule has 1 fully saturated rings. The summed E-state index contributed by atoms with van der Waals surface area (Å²) in [7, 11) is 1.82. The van der Waals surface area contributed by atoms with Gasteiger partial charge in [0.05, 0.1) is 12.4 Å². The zero-order valence-electron chi connectivity index (χ0n) is 9.44. The molecule has 1 saturated heterocycles. The summed E-state index contributed by atoms with van der Waals surface area (Å²) in [6.07, 6.45) is 3.43. The molecular formula is C10H19ClN2O2S. The lowest BCUT2D eigenvalue weighted by molar-refractivity contribution is 0.258. The van der Waals surface area contributed by atoms with Gasteiger partial charge in [-0.3, -0.25) is 9.80 Å². The van der Waals surface area contributed by atoms with Gasteiger partial charge in [0.1, 0.15) is 0 Å². The first-order valence-electron chi connectivity index (χ1n) is 5.49. The number of rotatable bonds is 7. The molecular weight excluding hydrogens is 248 g/mol. The smallest absolute Gasteiger partial charge is 0.232 e. The van der Waals surface area contributed by atoms with Crippen LogP contribution in [0.5, 0.6) is 0 Å². The summed E-state index contributed by atoms with van der Waals surface area (Å²) >= 11 is 0. The van der Waals surface area contributed by atoms with Gasteiger partial charge < -0.3 is 0 Å². The molecule has 0 saturated carbocycles. The Morgan fingerprint density at radius 2 is 1.94 bits per heavy atom. The lowest BCUT2D eigenvalue weighted by atomic mass is 10.3. The van der Waals surface area contributed by atoms with Crippen molar-refractivity contribution in [2.24, 2.45) is 0 Å². The predicted octanol–water partition coefficient (Wildman–Crippen LogP) is 1.10. The summed E-state index contributed by atoms with van der Waals surface area (Å²) in [5.41, 5.74) is 0. The molecule has 0 aliphatic carbocycles. The molecule has 0 amide bonds. The Bertz CT molecular complexity index is 319. The van der Waals surface area contributed by atoms with Gasteiger partial charge in [0, 0.05) is 30.3 Å². The highest BCUT2D eigenvalue weighted by Crippen LogP contribution is 2.07. The second-order valence-electron chi connectivity index (χ2n) is 4.08. The zero-order valence-corrected chi connectivity index (χ0v) is 11.0. The second-order valence-corrected chi connectivity index (χ2v) is 6.97. The van der Waals surface area contributed by atoms with Crippen LogP contribution < -0.4 is 0 Å². The van der Waals surface area contributed by atoms with E-state index in [1.807, 2.05) is 6.08 Å². The molecule has 1 aliphatic rings. The third kappa shape index (κ3) is 5.84. The lowest BCUT2D eigenvalue weighted by Crippen LogP contribution is -2.26. The Balaban J connectivity index is 2.09. The molecule has 0 aromatic rings. The topological polar surface area (TPSA) is 40.6 Å². The molecule has 1 rings (SSSR count). The van der Waals surface area contributed by atoms with Crippen molar-refractivity contribution in [1.29, 1.82) is 0 Å². The number of hydrogen-bond donors (Lipinski definition) is 0. The van der Waals surface area contributed by atoms with E-state index in [0.29, 0.717) is 6.42 Å². The Morgan fingerprint density at radius 3 is 2.56 bits per heavy atom. The normalized spacial score (nSPS) is 19.1. The van der Waals surface area contributed by atoms with E-state index >= 15 is 0 Å². The minimum absolute atomic E-state index is 0.0821. The fourth-order valence-corrected chi connectivity index (χ4v) is 2.71. The molecule has 0 N–H and O–H groups in total. The van der Waals surface area contributed by atoms with E-state index < -0.39 is 9.05 Å². The molecule has 0 atom stereocenters. The van der Waals surface area contributed by atoms with E-state index in [1.165, 1.54) is 0 Å². The zero-order chi connectivity index (χ0) is 12.0. The van der Waals surface area contributed by atoms with Gasteiger partial charge >= 0.3 is 0 Å². The molecule has 94 valence electrons. The molecule has 0 aromatic heterocycles. The van der Waals surface area contributed by atoms with Crippen LogP contribution in [0, 0.1) is 0 Å². The van der Waals surface area contributed by atoms with Crippen molar-refractivity contribution in [1.82, 2.24) is 9.80 Å². The van der Waals surface area contributed by atoms with Crippen molar-refractivity contribution in [3.8, 4) is 0 Å². The summed E-state index contributed by atoms with van der Waals surface area (Å²) < 4.78 is 21.4. The van der Waals surface area contributed by atoms with Crippen molar-refractivity contribution in [3.63, 3.8) is 0 Å². The Morgan fingerprint density at radius 1 is 1.25 bits per heavy atom. The fraction of sp³-hybridized carbons (Fsp3) is 0.800. The average molecular weight is 267 g/mol. The number of hydrogen-bond acceptors (Lipinski definition) is 4. The van der Waals surface area contributed by atoms with Crippen LogP contribution in [-0.4, -0.2) is 56.8 Å². The first-order chi connectivity index (χ1) is 7.51. The van der Waals surface area contributed by atoms with Crippen LogP contribution in [-0.2, 0) is 9.05 Å². The van der Waals surface area contributed by atoms with E-state index in [4.69, 9.17) is 10.7 Å². The molecule has 16 heavy (non-hydrogen) atoms. The summed E-state index contributed by atoms with van der Waals surface area (Å²) in [5.74, 6) is 0.0821. The molecule has 1 heterocycles. The highest BCUT2D eigenvalue weighted by Gasteiger charge is 2.17. The highest BCUT2D eigenvalue weighted by molar-refractivity contribution is 8.13. The third-order valence-corrected chi connectivity index (χ3v) is 3.87. The van der Waals surface area contributed by atoms with Gasteiger partial charge in [-0.2, -0.15) is 0 Å².